The van der Waals surface area contributed by atoms with Gasteiger partial charge >= 0.3 is 0 Å². The molecule has 2 rings (SSSR count). The van der Waals surface area contributed by atoms with Crippen molar-refractivity contribution in [3.8, 4) is 0 Å². The fourth-order valence-electron chi connectivity index (χ4n) is 2.69. The number of nitrogens with zero attached hydrogens (tertiary/aromatic N) is 1. The van der Waals surface area contributed by atoms with Gasteiger partial charge in [0.1, 0.15) is 0 Å². The zero-order valence-corrected chi connectivity index (χ0v) is 12.2. The van der Waals surface area contributed by atoms with Crippen LogP contribution in [0.5, 0.6) is 0 Å². The smallest absolute Gasteiger partial charge is 0.237 e. The van der Waals surface area contributed by atoms with Gasteiger partial charge in [0.15, 0.2) is 0 Å². The Hall–Kier alpha value is -1.39. The quantitative estimate of drug-likeness (QED) is 0.858. The first-order valence-electron chi connectivity index (χ1n) is 7.32. The van der Waals surface area contributed by atoms with E-state index in [0.717, 1.165) is 25.1 Å². The molecular weight excluding hydrogens is 252 g/mol. The second-order valence-electron chi connectivity index (χ2n) is 5.65. The zero-order chi connectivity index (χ0) is 14.5. The molecule has 1 fully saturated rings. The molecule has 110 valence electrons. The van der Waals surface area contributed by atoms with E-state index in [1.54, 1.807) is 0 Å². The van der Waals surface area contributed by atoms with Crippen LogP contribution in [0.25, 0.3) is 0 Å². The van der Waals surface area contributed by atoms with E-state index in [4.69, 9.17) is 0 Å². The molecule has 0 saturated carbocycles. The molecule has 1 aromatic rings. The maximum atomic E-state index is 12.3. The van der Waals surface area contributed by atoms with Crippen LogP contribution in [-0.2, 0) is 4.79 Å². The van der Waals surface area contributed by atoms with Crippen LogP contribution in [0.4, 0.5) is 0 Å². The Morgan fingerprint density at radius 3 is 2.70 bits per heavy atom. The minimum absolute atomic E-state index is 0.0161. The fraction of sp³-hybridized carbons (Fsp3) is 0.562. The number of aliphatic hydroxyl groups excluding tert-OH is 1. The minimum Gasteiger partial charge on any atom is -0.396 e. The Balaban J connectivity index is 1.88. The summed E-state index contributed by atoms with van der Waals surface area (Å²) in [6.07, 6.45) is 0.975. The van der Waals surface area contributed by atoms with Gasteiger partial charge in [-0.15, -0.1) is 0 Å². The lowest BCUT2D eigenvalue weighted by Crippen LogP contribution is -2.44. The van der Waals surface area contributed by atoms with Gasteiger partial charge < -0.3 is 10.4 Å². The summed E-state index contributed by atoms with van der Waals surface area (Å²) in [7, 11) is 0. The Bertz CT molecular complexity index is 435. The number of amides is 1. The van der Waals surface area contributed by atoms with Crippen LogP contribution in [0.3, 0.4) is 0 Å². The van der Waals surface area contributed by atoms with E-state index in [1.807, 2.05) is 44.2 Å². The van der Waals surface area contributed by atoms with E-state index in [9.17, 15) is 9.90 Å². The molecule has 1 aromatic carbocycles. The van der Waals surface area contributed by atoms with Crippen molar-refractivity contribution in [1.29, 1.82) is 0 Å². The van der Waals surface area contributed by atoms with Crippen molar-refractivity contribution in [2.24, 2.45) is 5.92 Å². The number of nitrogens with one attached hydrogen (secondary N) is 1. The highest BCUT2D eigenvalue weighted by Gasteiger charge is 2.29. The van der Waals surface area contributed by atoms with Crippen molar-refractivity contribution in [2.75, 3.05) is 19.7 Å². The maximum absolute atomic E-state index is 12.3. The van der Waals surface area contributed by atoms with Gasteiger partial charge in [0, 0.05) is 13.2 Å². The molecule has 20 heavy (non-hydrogen) atoms. The number of hydrogen-bond acceptors (Lipinski definition) is 3. The molecular formula is C16H24N2O2. The van der Waals surface area contributed by atoms with Crippen molar-refractivity contribution >= 4 is 5.91 Å². The molecule has 3 atom stereocenters. The number of aliphatic hydroxyl groups is 1. The van der Waals surface area contributed by atoms with Crippen LogP contribution in [-0.4, -0.2) is 41.7 Å². The van der Waals surface area contributed by atoms with Gasteiger partial charge in [-0.1, -0.05) is 30.3 Å². The average Bonchev–Trinajstić information content (AvgIpc) is 2.96. The molecule has 4 nitrogen and oxygen atoms in total. The molecule has 1 amide bonds. The van der Waals surface area contributed by atoms with E-state index in [2.05, 4.69) is 10.2 Å². The van der Waals surface area contributed by atoms with Crippen LogP contribution in [0.15, 0.2) is 30.3 Å². The van der Waals surface area contributed by atoms with Crippen molar-refractivity contribution in [3.63, 3.8) is 0 Å². The van der Waals surface area contributed by atoms with Crippen molar-refractivity contribution in [2.45, 2.75) is 32.4 Å². The zero-order valence-electron chi connectivity index (χ0n) is 12.2. The van der Waals surface area contributed by atoms with E-state index in [1.165, 1.54) is 0 Å². The summed E-state index contributed by atoms with van der Waals surface area (Å²) < 4.78 is 0. The summed E-state index contributed by atoms with van der Waals surface area (Å²) >= 11 is 0. The van der Waals surface area contributed by atoms with E-state index in [-0.39, 0.29) is 24.6 Å². The molecule has 1 heterocycles. The van der Waals surface area contributed by atoms with Crippen molar-refractivity contribution < 1.29 is 9.90 Å². The Morgan fingerprint density at radius 1 is 1.40 bits per heavy atom. The third kappa shape index (κ3) is 3.58. The molecule has 0 bridgehead atoms. The predicted octanol–water partition coefficient (Wildman–Crippen LogP) is 1.57. The second-order valence-corrected chi connectivity index (χ2v) is 5.65. The average molecular weight is 276 g/mol. The minimum atomic E-state index is -0.141. The summed E-state index contributed by atoms with van der Waals surface area (Å²) in [5.74, 6) is 0.372. The van der Waals surface area contributed by atoms with Crippen LogP contribution >= 0.6 is 0 Å². The lowest BCUT2D eigenvalue weighted by Gasteiger charge is -2.25. The van der Waals surface area contributed by atoms with E-state index in [0.29, 0.717) is 5.92 Å². The molecule has 2 N–H and O–H groups in total. The SMILES string of the molecule is CC(NC(=O)C(C)N1CCC(CO)C1)c1ccccc1. The highest BCUT2D eigenvalue weighted by Crippen LogP contribution is 2.19. The molecule has 1 aliphatic heterocycles. The molecule has 0 radical (unpaired) electrons. The summed E-state index contributed by atoms with van der Waals surface area (Å²) in [4.78, 5) is 14.4. The summed E-state index contributed by atoms with van der Waals surface area (Å²) in [5, 5.41) is 12.2. The first-order valence-corrected chi connectivity index (χ1v) is 7.32. The summed E-state index contributed by atoms with van der Waals surface area (Å²) in [5.41, 5.74) is 1.11. The van der Waals surface area contributed by atoms with Gasteiger partial charge in [-0.05, 0) is 38.3 Å². The molecule has 0 aromatic heterocycles. The first kappa shape index (κ1) is 15.0. The molecule has 1 aliphatic rings. The highest BCUT2D eigenvalue weighted by atomic mass is 16.3. The first-order chi connectivity index (χ1) is 9.61. The Morgan fingerprint density at radius 2 is 2.10 bits per heavy atom. The van der Waals surface area contributed by atoms with Crippen LogP contribution < -0.4 is 5.32 Å². The lowest BCUT2D eigenvalue weighted by molar-refractivity contribution is -0.126. The standard InChI is InChI=1S/C16H24N2O2/c1-12(15-6-4-3-5-7-15)17-16(20)13(2)18-9-8-14(10-18)11-19/h3-7,12-14,19H,8-11H2,1-2H3,(H,17,20). The summed E-state index contributed by atoms with van der Waals surface area (Å²) in [6, 6.07) is 9.85. The normalized spacial score (nSPS) is 22.4. The van der Waals surface area contributed by atoms with Crippen LogP contribution in [0.2, 0.25) is 0 Å². The third-order valence-corrected chi connectivity index (χ3v) is 4.16. The topological polar surface area (TPSA) is 52.6 Å². The van der Waals surface area contributed by atoms with Gasteiger partial charge in [-0.3, -0.25) is 9.69 Å². The molecule has 4 heteroatoms. The van der Waals surface area contributed by atoms with Crippen molar-refractivity contribution in [3.05, 3.63) is 35.9 Å². The number of carbonyl (C=O) groups excluding carboxylic acids is 1. The molecule has 3 unspecified atom stereocenters. The monoisotopic (exact) mass is 276 g/mol. The van der Waals surface area contributed by atoms with Gasteiger partial charge in [-0.2, -0.15) is 0 Å². The van der Waals surface area contributed by atoms with E-state index < -0.39 is 0 Å². The Labute approximate surface area is 120 Å². The molecule has 1 saturated heterocycles. The van der Waals surface area contributed by atoms with Gasteiger partial charge in [-0.25, -0.2) is 0 Å². The number of hydrogen-bond donors (Lipinski definition) is 2. The van der Waals surface area contributed by atoms with Gasteiger partial charge in [0.2, 0.25) is 5.91 Å². The Kier molecular flexibility index (Phi) is 5.15. The second kappa shape index (κ2) is 6.86. The van der Waals surface area contributed by atoms with Crippen LogP contribution in [0, 0.1) is 5.92 Å². The van der Waals surface area contributed by atoms with Gasteiger partial charge in [0.05, 0.1) is 12.1 Å². The fourth-order valence-corrected chi connectivity index (χ4v) is 2.69. The number of benzene rings is 1. The largest absolute Gasteiger partial charge is 0.396 e. The lowest BCUT2D eigenvalue weighted by atomic mass is 10.1. The third-order valence-electron chi connectivity index (χ3n) is 4.16. The predicted molar refractivity (Wildman–Crippen MR) is 79.2 cm³/mol. The highest BCUT2D eigenvalue weighted by molar-refractivity contribution is 5.81. The maximum Gasteiger partial charge on any atom is 0.237 e. The van der Waals surface area contributed by atoms with Crippen molar-refractivity contribution in [1.82, 2.24) is 10.2 Å². The number of likely N-dealkylation sites (tertiary alicyclic amines) is 1. The molecule has 0 aliphatic carbocycles. The number of carbonyl (C=O) groups is 1. The number of rotatable bonds is 5. The van der Waals surface area contributed by atoms with Gasteiger partial charge in [0.25, 0.3) is 0 Å². The van der Waals surface area contributed by atoms with E-state index >= 15 is 0 Å². The molecule has 0 spiro atoms. The van der Waals surface area contributed by atoms with Crippen LogP contribution in [0.1, 0.15) is 31.9 Å². The summed E-state index contributed by atoms with van der Waals surface area (Å²) in [6.45, 7) is 5.85.